The molecule has 0 aromatic heterocycles. The highest BCUT2D eigenvalue weighted by molar-refractivity contribution is 7.99. The molecule has 4 nitrogen and oxygen atoms in total. The van der Waals surface area contributed by atoms with Crippen LogP contribution in [-0.2, 0) is 11.2 Å². The first-order valence-corrected chi connectivity index (χ1v) is 9.46. The van der Waals surface area contributed by atoms with E-state index >= 15 is 0 Å². The third kappa shape index (κ3) is 4.23. The number of amides is 1. The van der Waals surface area contributed by atoms with Crippen LogP contribution in [0.4, 0.5) is 0 Å². The summed E-state index contributed by atoms with van der Waals surface area (Å²) >= 11 is 1.88. The molecule has 1 amide bonds. The molecule has 130 valence electrons. The van der Waals surface area contributed by atoms with Gasteiger partial charge in [-0.1, -0.05) is 42.0 Å². The van der Waals surface area contributed by atoms with Gasteiger partial charge in [0, 0.05) is 18.1 Å². The van der Waals surface area contributed by atoms with Gasteiger partial charge < -0.3 is 10.0 Å². The first-order chi connectivity index (χ1) is 12.0. The lowest BCUT2D eigenvalue weighted by atomic mass is 10.0. The maximum Gasteiger partial charge on any atom is 0.335 e. The van der Waals surface area contributed by atoms with Crippen molar-refractivity contribution in [2.75, 3.05) is 18.1 Å². The van der Waals surface area contributed by atoms with Crippen molar-refractivity contribution >= 4 is 23.6 Å². The molecule has 0 radical (unpaired) electrons. The number of carboxylic acid groups (broad SMARTS) is 1. The van der Waals surface area contributed by atoms with Gasteiger partial charge in [0.25, 0.3) is 0 Å². The standard InChI is InChI=1S/C20H21NO3S/c1-14-2-6-16(7-3-14)18-13-25-11-10-21(18)19(22)12-15-4-8-17(9-5-15)20(23)24/h2-9,18H,10-13H2,1H3,(H,23,24). The van der Waals surface area contributed by atoms with Crippen LogP contribution in [-0.4, -0.2) is 39.9 Å². The second-order valence-electron chi connectivity index (χ2n) is 6.27. The molecule has 1 heterocycles. The van der Waals surface area contributed by atoms with Crippen molar-refractivity contribution < 1.29 is 14.7 Å². The number of carbonyl (C=O) groups excluding carboxylic acids is 1. The lowest BCUT2D eigenvalue weighted by Crippen LogP contribution is -2.41. The minimum atomic E-state index is -0.953. The summed E-state index contributed by atoms with van der Waals surface area (Å²) in [5.41, 5.74) is 3.47. The average molecular weight is 355 g/mol. The molecular formula is C20H21NO3S. The lowest BCUT2D eigenvalue weighted by Gasteiger charge is -2.36. The number of carbonyl (C=O) groups is 2. The summed E-state index contributed by atoms with van der Waals surface area (Å²) in [6.45, 7) is 2.80. The SMILES string of the molecule is Cc1ccc(C2CSCCN2C(=O)Cc2ccc(C(=O)O)cc2)cc1. The highest BCUT2D eigenvalue weighted by Gasteiger charge is 2.28. The van der Waals surface area contributed by atoms with Crippen LogP contribution >= 0.6 is 11.8 Å². The summed E-state index contributed by atoms with van der Waals surface area (Å²) in [5.74, 6) is 0.998. The fourth-order valence-corrected chi connectivity index (χ4v) is 4.10. The van der Waals surface area contributed by atoms with Crippen molar-refractivity contribution in [1.29, 1.82) is 0 Å². The van der Waals surface area contributed by atoms with Crippen molar-refractivity contribution in [3.63, 3.8) is 0 Å². The van der Waals surface area contributed by atoms with Gasteiger partial charge in [0.15, 0.2) is 0 Å². The quantitative estimate of drug-likeness (QED) is 0.911. The Morgan fingerprint density at radius 1 is 1.12 bits per heavy atom. The molecule has 25 heavy (non-hydrogen) atoms. The second kappa shape index (κ2) is 7.74. The fraction of sp³-hybridized carbons (Fsp3) is 0.300. The van der Waals surface area contributed by atoms with Crippen LogP contribution < -0.4 is 0 Å². The molecule has 5 heteroatoms. The minimum Gasteiger partial charge on any atom is -0.478 e. The Morgan fingerprint density at radius 2 is 1.80 bits per heavy atom. The highest BCUT2D eigenvalue weighted by atomic mass is 32.2. The zero-order valence-electron chi connectivity index (χ0n) is 14.1. The molecule has 1 unspecified atom stereocenters. The molecule has 1 N–H and O–H groups in total. The van der Waals surface area contributed by atoms with Crippen LogP contribution in [0, 0.1) is 6.92 Å². The van der Waals surface area contributed by atoms with Gasteiger partial charge in [0.1, 0.15) is 0 Å². The Balaban J connectivity index is 1.74. The molecular weight excluding hydrogens is 334 g/mol. The zero-order valence-corrected chi connectivity index (χ0v) is 15.0. The molecule has 0 saturated carbocycles. The predicted octanol–water partition coefficient (Wildman–Crippen LogP) is 3.55. The Hall–Kier alpha value is -2.27. The molecule has 2 aromatic rings. The van der Waals surface area contributed by atoms with E-state index in [1.165, 1.54) is 11.1 Å². The lowest BCUT2D eigenvalue weighted by molar-refractivity contribution is -0.132. The Bertz CT molecular complexity index is 756. The van der Waals surface area contributed by atoms with E-state index in [9.17, 15) is 9.59 Å². The number of carboxylic acids is 1. The predicted molar refractivity (Wildman–Crippen MR) is 100 cm³/mol. The summed E-state index contributed by atoms with van der Waals surface area (Å²) in [5, 5.41) is 8.96. The topological polar surface area (TPSA) is 57.6 Å². The largest absolute Gasteiger partial charge is 0.478 e. The van der Waals surface area contributed by atoms with E-state index in [-0.39, 0.29) is 17.5 Å². The first-order valence-electron chi connectivity index (χ1n) is 8.30. The van der Waals surface area contributed by atoms with Crippen molar-refractivity contribution in [2.24, 2.45) is 0 Å². The molecule has 1 aliphatic rings. The van der Waals surface area contributed by atoms with E-state index in [4.69, 9.17) is 5.11 Å². The summed E-state index contributed by atoms with van der Waals surface area (Å²) < 4.78 is 0. The highest BCUT2D eigenvalue weighted by Crippen LogP contribution is 2.30. The van der Waals surface area contributed by atoms with Crippen molar-refractivity contribution in [2.45, 2.75) is 19.4 Å². The van der Waals surface area contributed by atoms with Crippen LogP contribution in [0.5, 0.6) is 0 Å². The van der Waals surface area contributed by atoms with Gasteiger partial charge in [-0.2, -0.15) is 11.8 Å². The van der Waals surface area contributed by atoms with E-state index in [0.29, 0.717) is 6.42 Å². The zero-order chi connectivity index (χ0) is 17.8. The van der Waals surface area contributed by atoms with Gasteiger partial charge in [-0.05, 0) is 30.2 Å². The Kier molecular flexibility index (Phi) is 5.43. The van der Waals surface area contributed by atoms with Crippen LogP contribution in [0.2, 0.25) is 0 Å². The molecule has 3 rings (SSSR count). The third-order valence-corrected chi connectivity index (χ3v) is 5.49. The molecule has 0 bridgehead atoms. The van der Waals surface area contributed by atoms with Gasteiger partial charge in [0.05, 0.1) is 18.0 Å². The summed E-state index contributed by atoms with van der Waals surface area (Å²) in [6.07, 6.45) is 0.299. The summed E-state index contributed by atoms with van der Waals surface area (Å²) in [7, 11) is 0. The number of nitrogens with zero attached hydrogens (tertiary/aromatic N) is 1. The molecule has 0 spiro atoms. The third-order valence-electron chi connectivity index (χ3n) is 4.47. The van der Waals surface area contributed by atoms with Crippen LogP contribution in [0.15, 0.2) is 48.5 Å². The van der Waals surface area contributed by atoms with Gasteiger partial charge in [-0.15, -0.1) is 0 Å². The average Bonchev–Trinajstić information content (AvgIpc) is 2.63. The van der Waals surface area contributed by atoms with E-state index in [0.717, 1.165) is 23.6 Å². The van der Waals surface area contributed by atoms with Gasteiger partial charge >= 0.3 is 5.97 Å². The maximum atomic E-state index is 12.8. The maximum absolute atomic E-state index is 12.8. The second-order valence-corrected chi connectivity index (χ2v) is 7.42. The van der Waals surface area contributed by atoms with Gasteiger partial charge in [-0.3, -0.25) is 4.79 Å². The Labute approximate surface area is 151 Å². The van der Waals surface area contributed by atoms with Gasteiger partial charge in [-0.25, -0.2) is 4.79 Å². The molecule has 0 aliphatic carbocycles. The fourth-order valence-electron chi connectivity index (χ4n) is 3.01. The first kappa shape index (κ1) is 17.5. The van der Waals surface area contributed by atoms with Crippen LogP contribution in [0.1, 0.15) is 33.1 Å². The number of aromatic carboxylic acids is 1. The molecule has 1 aliphatic heterocycles. The number of thioether (sulfide) groups is 1. The molecule has 1 saturated heterocycles. The summed E-state index contributed by atoms with van der Waals surface area (Å²) in [6, 6.07) is 15.0. The minimum absolute atomic E-state index is 0.0916. The Morgan fingerprint density at radius 3 is 2.44 bits per heavy atom. The number of aryl methyl sites for hydroxylation is 1. The van der Waals surface area contributed by atoms with Crippen molar-refractivity contribution in [3.05, 3.63) is 70.8 Å². The normalized spacial score (nSPS) is 17.3. The van der Waals surface area contributed by atoms with E-state index in [1.807, 2.05) is 16.7 Å². The van der Waals surface area contributed by atoms with Crippen LogP contribution in [0.25, 0.3) is 0 Å². The van der Waals surface area contributed by atoms with Crippen molar-refractivity contribution in [1.82, 2.24) is 4.90 Å². The van der Waals surface area contributed by atoms with Crippen LogP contribution in [0.3, 0.4) is 0 Å². The summed E-state index contributed by atoms with van der Waals surface area (Å²) in [4.78, 5) is 25.7. The monoisotopic (exact) mass is 355 g/mol. The molecule has 1 fully saturated rings. The number of rotatable bonds is 4. The number of hydrogen-bond acceptors (Lipinski definition) is 3. The van der Waals surface area contributed by atoms with E-state index < -0.39 is 5.97 Å². The van der Waals surface area contributed by atoms with E-state index in [2.05, 4.69) is 31.2 Å². The number of hydrogen-bond donors (Lipinski definition) is 1. The molecule has 1 atom stereocenters. The van der Waals surface area contributed by atoms with Crippen molar-refractivity contribution in [3.8, 4) is 0 Å². The van der Waals surface area contributed by atoms with Gasteiger partial charge in [0.2, 0.25) is 5.91 Å². The molecule has 2 aromatic carbocycles. The van der Waals surface area contributed by atoms with E-state index in [1.54, 1.807) is 24.3 Å². The smallest absolute Gasteiger partial charge is 0.335 e. The number of benzene rings is 2.